The van der Waals surface area contributed by atoms with E-state index >= 15 is 0 Å². The Kier molecular flexibility index (Phi) is 8.06. The number of nitrogens with one attached hydrogen (secondary N) is 2. The standard InChI is InChI=1S/C24H24F2N2O5S/c1-3-33-18-10-7-16(8-11-18)28-34(30,31)23-15-17(9-13-22(23)32-2)27-24(29)14-12-19-20(25)5-4-6-21(19)26/h4-11,13,15,28H,3,12,14H2,1-2H3,(H,27,29). The zero-order valence-electron chi connectivity index (χ0n) is 18.6. The fourth-order valence-corrected chi connectivity index (χ4v) is 4.45. The monoisotopic (exact) mass is 490 g/mol. The highest BCUT2D eigenvalue weighted by atomic mass is 32.2. The number of methoxy groups -OCH3 is 1. The zero-order valence-corrected chi connectivity index (χ0v) is 19.4. The number of hydrogen-bond acceptors (Lipinski definition) is 5. The predicted molar refractivity (Wildman–Crippen MR) is 125 cm³/mol. The highest BCUT2D eigenvalue weighted by Gasteiger charge is 2.21. The van der Waals surface area contributed by atoms with E-state index in [1.807, 2.05) is 6.92 Å². The van der Waals surface area contributed by atoms with Gasteiger partial charge in [0.25, 0.3) is 10.0 Å². The van der Waals surface area contributed by atoms with Gasteiger partial charge >= 0.3 is 0 Å². The van der Waals surface area contributed by atoms with Crippen LogP contribution in [0.2, 0.25) is 0 Å². The Balaban J connectivity index is 1.74. The van der Waals surface area contributed by atoms with E-state index in [-0.39, 0.29) is 34.7 Å². The number of ether oxygens (including phenoxy) is 2. The van der Waals surface area contributed by atoms with Crippen molar-refractivity contribution in [3.05, 3.63) is 77.9 Å². The Labute approximate surface area is 196 Å². The third-order valence-electron chi connectivity index (χ3n) is 4.82. The summed E-state index contributed by atoms with van der Waals surface area (Å²) in [7, 11) is -2.75. The maximum absolute atomic E-state index is 13.8. The van der Waals surface area contributed by atoms with Gasteiger partial charge in [0.1, 0.15) is 28.0 Å². The quantitative estimate of drug-likeness (QED) is 0.428. The minimum absolute atomic E-state index is 0.0739. The van der Waals surface area contributed by atoms with Crippen molar-refractivity contribution in [1.29, 1.82) is 0 Å². The van der Waals surface area contributed by atoms with Gasteiger partial charge < -0.3 is 14.8 Å². The molecule has 0 heterocycles. The van der Waals surface area contributed by atoms with Crippen LogP contribution in [0.25, 0.3) is 0 Å². The van der Waals surface area contributed by atoms with Crippen molar-refractivity contribution in [1.82, 2.24) is 0 Å². The molecule has 0 aromatic heterocycles. The summed E-state index contributed by atoms with van der Waals surface area (Å²) in [4.78, 5) is 12.1. The van der Waals surface area contributed by atoms with Gasteiger partial charge in [0, 0.05) is 23.4 Å². The Bertz CT molecular complexity index is 1240. The maximum Gasteiger partial charge on any atom is 0.265 e. The van der Waals surface area contributed by atoms with Crippen LogP contribution in [0.5, 0.6) is 11.5 Å². The molecule has 0 bridgehead atoms. The molecule has 0 fully saturated rings. The molecule has 0 spiro atoms. The van der Waals surface area contributed by atoms with E-state index in [1.54, 1.807) is 24.3 Å². The zero-order chi connectivity index (χ0) is 24.7. The lowest BCUT2D eigenvalue weighted by Gasteiger charge is -2.14. The van der Waals surface area contributed by atoms with E-state index in [0.717, 1.165) is 12.1 Å². The fourth-order valence-electron chi connectivity index (χ4n) is 3.19. The Morgan fingerprint density at radius 3 is 2.24 bits per heavy atom. The number of sulfonamides is 1. The van der Waals surface area contributed by atoms with Crippen molar-refractivity contribution in [3.8, 4) is 11.5 Å². The molecule has 10 heteroatoms. The molecule has 7 nitrogen and oxygen atoms in total. The Morgan fingerprint density at radius 1 is 0.971 bits per heavy atom. The molecule has 2 N–H and O–H groups in total. The SMILES string of the molecule is CCOc1ccc(NS(=O)(=O)c2cc(NC(=O)CCc3c(F)cccc3F)ccc2OC)cc1. The molecule has 0 aliphatic rings. The predicted octanol–water partition coefficient (Wildman–Crippen LogP) is 4.74. The molecular formula is C24H24F2N2O5S. The first-order chi connectivity index (χ1) is 16.2. The summed E-state index contributed by atoms with van der Waals surface area (Å²) < 4.78 is 66.5. The molecule has 3 aromatic rings. The average molecular weight is 491 g/mol. The van der Waals surface area contributed by atoms with Crippen LogP contribution in [-0.2, 0) is 21.2 Å². The molecule has 1 amide bonds. The molecular weight excluding hydrogens is 466 g/mol. The fraction of sp³-hybridized carbons (Fsp3) is 0.208. The van der Waals surface area contributed by atoms with Gasteiger partial charge in [-0.2, -0.15) is 0 Å². The van der Waals surface area contributed by atoms with Gasteiger partial charge in [0.05, 0.1) is 13.7 Å². The van der Waals surface area contributed by atoms with Crippen molar-refractivity contribution in [3.63, 3.8) is 0 Å². The normalized spacial score (nSPS) is 11.1. The number of benzene rings is 3. The molecule has 3 rings (SSSR count). The van der Waals surface area contributed by atoms with Gasteiger partial charge in [-0.05, 0) is 67.9 Å². The van der Waals surface area contributed by atoms with E-state index in [0.29, 0.717) is 18.0 Å². The highest BCUT2D eigenvalue weighted by molar-refractivity contribution is 7.92. The second-order valence-corrected chi connectivity index (χ2v) is 8.83. The van der Waals surface area contributed by atoms with Gasteiger partial charge in [0.2, 0.25) is 5.91 Å². The third kappa shape index (κ3) is 6.22. The molecule has 0 aliphatic carbocycles. The van der Waals surface area contributed by atoms with E-state index in [9.17, 15) is 22.0 Å². The summed E-state index contributed by atoms with van der Waals surface area (Å²) in [6.45, 7) is 2.32. The molecule has 0 radical (unpaired) electrons. The van der Waals surface area contributed by atoms with Crippen LogP contribution in [0, 0.1) is 11.6 Å². The number of anilines is 2. The Morgan fingerprint density at radius 2 is 1.62 bits per heavy atom. The van der Waals surface area contributed by atoms with E-state index < -0.39 is 27.6 Å². The van der Waals surface area contributed by atoms with Crippen LogP contribution < -0.4 is 19.5 Å². The summed E-state index contributed by atoms with van der Waals surface area (Å²) in [5, 5.41) is 2.55. The van der Waals surface area contributed by atoms with Crippen LogP contribution in [0.3, 0.4) is 0 Å². The largest absolute Gasteiger partial charge is 0.495 e. The average Bonchev–Trinajstić information content (AvgIpc) is 2.80. The minimum Gasteiger partial charge on any atom is -0.495 e. The summed E-state index contributed by atoms with van der Waals surface area (Å²) >= 11 is 0. The minimum atomic E-state index is -4.07. The number of rotatable bonds is 10. The number of carbonyl (C=O) groups is 1. The molecule has 0 saturated carbocycles. The van der Waals surface area contributed by atoms with Crippen LogP contribution >= 0.6 is 0 Å². The van der Waals surface area contributed by atoms with Gasteiger partial charge in [-0.15, -0.1) is 0 Å². The Hall–Kier alpha value is -3.66. The van der Waals surface area contributed by atoms with Crippen LogP contribution in [0.1, 0.15) is 18.9 Å². The second-order valence-electron chi connectivity index (χ2n) is 7.18. The smallest absolute Gasteiger partial charge is 0.265 e. The van der Waals surface area contributed by atoms with Gasteiger partial charge in [-0.1, -0.05) is 6.07 Å². The van der Waals surface area contributed by atoms with Crippen molar-refractivity contribution in [2.24, 2.45) is 0 Å². The number of amides is 1. The van der Waals surface area contributed by atoms with E-state index in [4.69, 9.17) is 9.47 Å². The lowest BCUT2D eigenvalue weighted by Crippen LogP contribution is -2.16. The second kappa shape index (κ2) is 11.0. The first-order valence-electron chi connectivity index (χ1n) is 10.4. The van der Waals surface area contributed by atoms with Crippen LogP contribution in [-0.4, -0.2) is 28.0 Å². The highest BCUT2D eigenvalue weighted by Crippen LogP contribution is 2.29. The maximum atomic E-state index is 13.8. The molecule has 0 aliphatic heterocycles. The number of halogens is 2. The lowest BCUT2D eigenvalue weighted by atomic mass is 10.1. The number of hydrogen-bond donors (Lipinski definition) is 2. The van der Waals surface area contributed by atoms with Crippen molar-refractivity contribution < 1.29 is 31.5 Å². The van der Waals surface area contributed by atoms with Gasteiger partial charge in [0.15, 0.2) is 0 Å². The summed E-state index contributed by atoms with van der Waals surface area (Å²) in [6.07, 6.45) is -0.346. The van der Waals surface area contributed by atoms with E-state index in [1.165, 1.54) is 31.4 Å². The number of carbonyl (C=O) groups excluding carboxylic acids is 1. The van der Waals surface area contributed by atoms with Crippen molar-refractivity contribution >= 4 is 27.3 Å². The molecule has 3 aromatic carbocycles. The molecule has 34 heavy (non-hydrogen) atoms. The topological polar surface area (TPSA) is 93.7 Å². The summed E-state index contributed by atoms with van der Waals surface area (Å²) in [5.41, 5.74) is 0.314. The lowest BCUT2D eigenvalue weighted by molar-refractivity contribution is -0.116. The molecule has 180 valence electrons. The molecule has 0 saturated heterocycles. The summed E-state index contributed by atoms with van der Waals surface area (Å²) in [5.74, 6) is -1.32. The molecule has 0 atom stereocenters. The first-order valence-corrected chi connectivity index (χ1v) is 11.9. The first kappa shape index (κ1) is 25.0. The van der Waals surface area contributed by atoms with Gasteiger partial charge in [-0.3, -0.25) is 9.52 Å². The molecule has 0 unspecified atom stereocenters. The summed E-state index contributed by atoms with van der Waals surface area (Å²) in [6, 6.07) is 14.0. The van der Waals surface area contributed by atoms with Crippen molar-refractivity contribution in [2.45, 2.75) is 24.7 Å². The van der Waals surface area contributed by atoms with Crippen LogP contribution in [0.4, 0.5) is 20.2 Å². The van der Waals surface area contributed by atoms with Crippen LogP contribution in [0.15, 0.2) is 65.6 Å². The van der Waals surface area contributed by atoms with Gasteiger partial charge in [-0.25, -0.2) is 17.2 Å². The third-order valence-corrected chi connectivity index (χ3v) is 6.22. The van der Waals surface area contributed by atoms with E-state index in [2.05, 4.69) is 10.0 Å². The van der Waals surface area contributed by atoms with Crippen molar-refractivity contribution in [2.75, 3.05) is 23.8 Å².